The van der Waals surface area contributed by atoms with Crippen LogP contribution in [0.1, 0.15) is 39.2 Å². The highest BCUT2D eigenvalue weighted by Gasteiger charge is 2.20. The van der Waals surface area contributed by atoms with Crippen LogP contribution in [0.2, 0.25) is 0 Å². The maximum atomic E-state index is 11.2. The summed E-state index contributed by atoms with van der Waals surface area (Å²) in [6.45, 7) is 5.92. The van der Waals surface area contributed by atoms with Gasteiger partial charge in [0.05, 0.1) is 0 Å². The van der Waals surface area contributed by atoms with Gasteiger partial charge in [0.1, 0.15) is 5.60 Å². The molecule has 1 amide bonds. The van der Waals surface area contributed by atoms with E-state index in [4.69, 9.17) is 0 Å². The molecule has 2 aromatic carbocycles. The van der Waals surface area contributed by atoms with E-state index in [1.807, 2.05) is 26.8 Å². The summed E-state index contributed by atoms with van der Waals surface area (Å²) < 4.78 is 4.55. The SMILES string of the molecule is CC(C)(C)OC=O.O=C1CC[C@@H](Cc2ccc(-c3ccccc3)cc2)N1. The minimum atomic E-state index is -0.318. The number of amides is 1. The van der Waals surface area contributed by atoms with Crippen molar-refractivity contribution >= 4 is 12.4 Å². The predicted molar refractivity (Wildman–Crippen MR) is 104 cm³/mol. The number of rotatable bonds is 4. The van der Waals surface area contributed by atoms with E-state index in [1.165, 1.54) is 16.7 Å². The topological polar surface area (TPSA) is 55.4 Å². The second kappa shape index (κ2) is 9.18. The molecular formula is C22H27NO3. The summed E-state index contributed by atoms with van der Waals surface area (Å²) in [5.74, 6) is 0.186. The van der Waals surface area contributed by atoms with Crippen molar-refractivity contribution < 1.29 is 14.3 Å². The Bertz CT molecular complexity index is 702. The van der Waals surface area contributed by atoms with E-state index in [0.29, 0.717) is 18.9 Å². The van der Waals surface area contributed by atoms with Crippen LogP contribution in [0.4, 0.5) is 0 Å². The van der Waals surface area contributed by atoms with E-state index in [1.54, 1.807) is 0 Å². The molecule has 0 aliphatic carbocycles. The van der Waals surface area contributed by atoms with Crippen molar-refractivity contribution in [2.75, 3.05) is 0 Å². The molecule has 0 radical (unpaired) electrons. The first-order valence-corrected chi connectivity index (χ1v) is 8.92. The van der Waals surface area contributed by atoms with Gasteiger partial charge in [0.2, 0.25) is 5.91 Å². The lowest BCUT2D eigenvalue weighted by Crippen LogP contribution is -2.27. The zero-order valence-electron chi connectivity index (χ0n) is 15.7. The smallest absolute Gasteiger partial charge is 0.293 e. The Hall–Kier alpha value is -2.62. The molecule has 1 heterocycles. The number of benzene rings is 2. The Labute approximate surface area is 155 Å². The summed E-state index contributed by atoms with van der Waals surface area (Å²) in [6.07, 6.45) is 2.56. The summed E-state index contributed by atoms with van der Waals surface area (Å²) in [4.78, 5) is 20.8. The number of hydrogen-bond acceptors (Lipinski definition) is 3. The standard InChI is InChI=1S/C17H17NO.C5H10O2/c19-17-11-10-16(18-17)12-13-6-8-15(9-7-13)14-4-2-1-3-5-14;1-5(2,3)7-4-6/h1-9,16H,10-12H2,(H,18,19);4H,1-3H3/t16-;/m0./s1. The molecule has 1 atom stereocenters. The van der Waals surface area contributed by atoms with Crippen LogP contribution < -0.4 is 5.32 Å². The van der Waals surface area contributed by atoms with Crippen molar-refractivity contribution in [1.29, 1.82) is 0 Å². The second-order valence-electron chi connectivity index (χ2n) is 7.40. The van der Waals surface area contributed by atoms with E-state index in [2.05, 4.69) is 58.6 Å². The lowest BCUT2D eigenvalue weighted by atomic mass is 10.0. The second-order valence-corrected chi connectivity index (χ2v) is 7.40. The Morgan fingerprint density at radius 1 is 1.04 bits per heavy atom. The molecule has 1 N–H and O–H groups in total. The third-order valence-electron chi connectivity index (χ3n) is 4.03. The summed E-state index contributed by atoms with van der Waals surface area (Å²) in [7, 11) is 0. The van der Waals surface area contributed by atoms with Crippen molar-refractivity contribution in [3.8, 4) is 11.1 Å². The number of carbonyl (C=O) groups excluding carboxylic acids is 2. The molecule has 0 bridgehead atoms. The normalized spacial score (nSPS) is 16.3. The highest BCUT2D eigenvalue weighted by Crippen LogP contribution is 2.20. The predicted octanol–water partition coefficient (Wildman–Crippen LogP) is 4.13. The maximum Gasteiger partial charge on any atom is 0.293 e. The van der Waals surface area contributed by atoms with E-state index < -0.39 is 0 Å². The molecular weight excluding hydrogens is 326 g/mol. The van der Waals surface area contributed by atoms with Gasteiger partial charge < -0.3 is 10.1 Å². The number of carbonyl (C=O) groups is 2. The molecule has 138 valence electrons. The lowest BCUT2D eigenvalue weighted by Gasteiger charge is -2.14. The fourth-order valence-electron chi connectivity index (χ4n) is 2.72. The zero-order chi connectivity index (χ0) is 19.0. The Morgan fingerprint density at radius 3 is 2.12 bits per heavy atom. The molecule has 1 fully saturated rings. The van der Waals surface area contributed by atoms with Gasteiger partial charge in [-0.15, -0.1) is 0 Å². The van der Waals surface area contributed by atoms with Gasteiger partial charge in [-0.1, -0.05) is 54.6 Å². The number of nitrogens with one attached hydrogen (secondary N) is 1. The molecule has 1 aliphatic rings. The van der Waals surface area contributed by atoms with Crippen LogP contribution in [0.25, 0.3) is 11.1 Å². The monoisotopic (exact) mass is 353 g/mol. The van der Waals surface area contributed by atoms with Gasteiger partial charge in [-0.2, -0.15) is 0 Å². The van der Waals surface area contributed by atoms with Crippen LogP contribution in [0.5, 0.6) is 0 Å². The highest BCUT2D eigenvalue weighted by atomic mass is 16.5. The molecule has 0 aromatic heterocycles. The van der Waals surface area contributed by atoms with Gasteiger partial charge in [0.15, 0.2) is 0 Å². The van der Waals surface area contributed by atoms with Crippen molar-refractivity contribution in [3.63, 3.8) is 0 Å². The first-order valence-electron chi connectivity index (χ1n) is 8.92. The fraction of sp³-hybridized carbons (Fsp3) is 0.364. The molecule has 1 saturated heterocycles. The highest BCUT2D eigenvalue weighted by molar-refractivity contribution is 5.78. The molecule has 4 nitrogen and oxygen atoms in total. The molecule has 3 rings (SSSR count). The fourth-order valence-corrected chi connectivity index (χ4v) is 2.72. The summed E-state index contributed by atoms with van der Waals surface area (Å²) in [5, 5.41) is 3.01. The summed E-state index contributed by atoms with van der Waals surface area (Å²) in [5.41, 5.74) is 3.44. The molecule has 0 saturated carbocycles. The summed E-state index contributed by atoms with van der Waals surface area (Å²) in [6, 6.07) is 19.3. The number of hydrogen-bond donors (Lipinski definition) is 1. The first-order chi connectivity index (χ1) is 12.4. The van der Waals surface area contributed by atoms with Crippen LogP contribution in [0.3, 0.4) is 0 Å². The first kappa shape index (κ1) is 19.7. The minimum Gasteiger partial charge on any atom is -0.462 e. The molecule has 0 unspecified atom stereocenters. The average molecular weight is 353 g/mol. The third-order valence-corrected chi connectivity index (χ3v) is 4.03. The van der Waals surface area contributed by atoms with Gasteiger partial charge in [-0.05, 0) is 50.3 Å². The van der Waals surface area contributed by atoms with Crippen LogP contribution in [-0.4, -0.2) is 24.0 Å². The minimum absolute atomic E-state index is 0.186. The van der Waals surface area contributed by atoms with Crippen molar-refractivity contribution in [1.82, 2.24) is 5.32 Å². The van der Waals surface area contributed by atoms with Gasteiger partial charge in [0.25, 0.3) is 6.47 Å². The van der Waals surface area contributed by atoms with E-state index in [-0.39, 0.29) is 11.5 Å². The van der Waals surface area contributed by atoms with E-state index in [9.17, 15) is 9.59 Å². The molecule has 26 heavy (non-hydrogen) atoms. The third kappa shape index (κ3) is 6.71. The quantitative estimate of drug-likeness (QED) is 0.841. The number of ether oxygens (including phenoxy) is 1. The summed E-state index contributed by atoms with van der Waals surface area (Å²) >= 11 is 0. The zero-order valence-corrected chi connectivity index (χ0v) is 15.7. The average Bonchev–Trinajstić information content (AvgIpc) is 3.01. The largest absolute Gasteiger partial charge is 0.462 e. The van der Waals surface area contributed by atoms with Crippen molar-refractivity contribution in [2.45, 2.75) is 51.7 Å². The Kier molecular flexibility index (Phi) is 6.96. The van der Waals surface area contributed by atoms with Crippen LogP contribution in [-0.2, 0) is 20.7 Å². The van der Waals surface area contributed by atoms with Crippen molar-refractivity contribution in [2.24, 2.45) is 0 Å². The van der Waals surface area contributed by atoms with Crippen LogP contribution in [0.15, 0.2) is 54.6 Å². The van der Waals surface area contributed by atoms with Gasteiger partial charge in [-0.25, -0.2) is 0 Å². The molecule has 2 aromatic rings. The Balaban J connectivity index is 0.000000298. The van der Waals surface area contributed by atoms with Gasteiger partial charge in [0, 0.05) is 12.5 Å². The maximum absolute atomic E-state index is 11.2. The van der Waals surface area contributed by atoms with Crippen LogP contribution >= 0.6 is 0 Å². The lowest BCUT2D eigenvalue weighted by molar-refractivity contribution is -0.138. The van der Waals surface area contributed by atoms with E-state index in [0.717, 1.165) is 12.8 Å². The van der Waals surface area contributed by atoms with Gasteiger partial charge >= 0.3 is 0 Å². The Morgan fingerprint density at radius 2 is 1.65 bits per heavy atom. The van der Waals surface area contributed by atoms with Crippen molar-refractivity contribution in [3.05, 3.63) is 60.2 Å². The molecule has 4 heteroatoms. The van der Waals surface area contributed by atoms with E-state index >= 15 is 0 Å². The molecule has 0 spiro atoms. The molecule has 1 aliphatic heterocycles. The van der Waals surface area contributed by atoms with Crippen LogP contribution in [0, 0.1) is 0 Å². The van der Waals surface area contributed by atoms with Gasteiger partial charge in [-0.3, -0.25) is 9.59 Å².